The number of hydrogen-bond donors (Lipinski definition) is 1. The standard InChI is InChI=1S/C31H34N8O2/c1-30(2,3)41-29(40)36-31-10-19-7-24(11-31)39(25(8-19)12-31)27-6-5-20(14-33-27)26-9-21(23-16-34-37(4)17-23)18-38-28(26)22(13-32)15-35-38/h5-6,9,14-19,24-25H,7-8,10-12H2,1-4H3,(H,36,40)/t19?,24-,25+,31?. The molecule has 0 aromatic carbocycles. The average molecular weight is 551 g/mol. The normalized spacial score (nSPS) is 25.0. The second-order valence-corrected chi connectivity index (χ2v) is 13.0. The lowest BCUT2D eigenvalue weighted by molar-refractivity contribution is 0.0124. The van der Waals surface area contributed by atoms with Crippen molar-refractivity contribution in [3.63, 3.8) is 0 Å². The molecule has 10 nitrogen and oxygen atoms in total. The maximum Gasteiger partial charge on any atom is 0.408 e. The molecule has 8 rings (SSSR count). The molecule has 0 radical (unpaired) electrons. The third kappa shape index (κ3) is 4.49. The van der Waals surface area contributed by atoms with Gasteiger partial charge in [-0.25, -0.2) is 14.3 Å². The summed E-state index contributed by atoms with van der Waals surface area (Å²) in [6, 6.07) is 9.22. The van der Waals surface area contributed by atoms with Crippen LogP contribution < -0.4 is 10.2 Å². The summed E-state index contributed by atoms with van der Waals surface area (Å²) in [6.45, 7) is 5.70. The van der Waals surface area contributed by atoms with E-state index in [-0.39, 0.29) is 11.6 Å². The number of anilines is 1. The summed E-state index contributed by atoms with van der Waals surface area (Å²) >= 11 is 0. The summed E-state index contributed by atoms with van der Waals surface area (Å²) in [7, 11) is 1.89. The molecular weight excluding hydrogens is 516 g/mol. The van der Waals surface area contributed by atoms with Gasteiger partial charge in [0.25, 0.3) is 0 Å². The molecular formula is C31H34N8O2. The van der Waals surface area contributed by atoms with Gasteiger partial charge in [0.1, 0.15) is 17.5 Å². The van der Waals surface area contributed by atoms with Crippen molar-refractivity contribution in [2.45, 2.75) is 76.1 Å². The van der Waals surface area contributed by atoms with Crippen LogP contribution in [0.2, 0.25) is 0 Å². The van der Waals surface area contributed by atoms with Crippen LogP contribution in [0.25, 0.3) is 27.8 Å². The molecule has 2 aliphatic heterocycles. The molecule has 41 heavy (non-hydrogen) atoms. The van der Waals surface area contributed by atoms with Crippen LogP contribution in [0.5, 0.6) is 0 Å². The number of alkyl carbamates (subject to hydrolysis) is 1. The lowest BCUT2D eigenvalue weighted by Crippen LogP contribution is -2.69. The van der Waals surface area contributed by atoms with E-state index in [1.807, 2.05) is 52.6 Å². The minimum absolute atomic E-state index is 0.205. The van der Waals surface area contributed by atoms with E-state index in [1.54, 1.807) is 15.4 Å². The molecule has 4 aliphatic rings. The molecule has 2 saturated carbocycles. The van der Waals surface area contributed by atoms with Crippen molar-refractivity contribution in [1.82, 2.24) is 29.7 Å². The van der Waals surface area contributed by atoms with Crippen molar-refractivity contribution in [1.29, 1.82) is 5.26 Å². The zero-order valence-corrected chi connectivity index (χ0v) is 23.8. The fraction of sp³-hybridized carbons (Fsp3) is 0.452. The quantitative estimate of drug-likeness (QED) is 0.377. The number of ether oxygens (including phenoxy) is 1. The number of hydrogen-bond acceptors (Lipinski definition) is 7. The van der Waals surface area contributed by atoms with Crippen molar-refractivity contribution in [2.24, 2.45) is 13.0 Å². The minimum Gasteiger partial charge on any atom is -0.444 e. The molecule has 0 spiro atoms. The number of nitrogens with one attached hydrogen (secondary N) is 1. The molecule has 4 atom stereocenters. The summed E-state index contributed by atoms with van der Waals surface area (Å²) in [4.78, 5) is 20.2. The lowest BCUT2D eigenvalue weighted by Gasteiger charge is -2.61. The molecule has 2 aliphatic carbocycles. The number of pyridine rings is 2. The lowest BCUT2D eigenvalue weighted by atomic mass is 9.59. The minimum atomic E-state index is -0.516. The summed E-state index contributed by atoms with van der Waals surface area (Å²) in [5.41, 5.74) is 4.33. The van der Waals surface area contributed by atoms with Crippen molar-refractivity contribution in [2.75, 3.05) is 4.90 Å². The van der Waals surface area contributed by atoms with Gasteiger partial charge in [-0.1, -0.05) is 0 Å². The first-order chi connectivity index (χ1) is 19.6. The zero-order chi connectivity index (χ0) is 28.5. The fourth-order valence-electron chi connectivity index (χ4n) is 7.52. The third-order valence-corrected chi connectivity index (χ3v) is 8.79. The Hall–Kier alpha value is -4.39. The van der Waals surface area contributed by atoms with Crippen LogP contribution in [0, 0.1) is 17.2 Å². The van der Waals surface area contributed by atoms with Crippen LogP contribution in [-0.2, 0) is 11.8 Å². The number of amides is 1. The van der Waals surface area contributed by atoms with Crippen LogP contribution in [0.3, 0.4) is 0 Å². The molecule has 4 aromatic heterocycles. The first-order valence-electron chi connectivity index (χ1n) is 14.3. The van der Waals surface area contributed by atoms with E-state index >= 15 is 0 Å². The number of nitrogens with zero attached hydrogens (tertiary/aromatic N) is 7. The molecule has 4 fully saturated rings. The van der Waals surface area contributed by atoms with Gasteiger partial charge in [-0.05, 0) is 77.0 Å². The smallest absolute Gasteiger partial charge is 0.408 e. The van der Waals surface area contributed by atoms with Crippen LogP contribution in [0.15, 0.2) is 49.2 Å². The van der Waals surface area contributed by atoms with Gasteiger partial charge in [0.05, 0.1) is 23.5 Å². The number of nitriles is 1. The Morgan fingerprint density at radius 1 is 1.05 bits per heavy atom. The zero-order valence-electron chi connectivity index (χ0n) is 23.8. The highest BCUT2D eigenvalue weighted by Crippen LogP contribution is 2.52. The van der Waals surface area contributed by atoms with Crippen molar-refractivity contribution < 1.29 is 9.53 Å². The van der Waals surface area contributed by atoms with E-state index in [0.29, 0.717) is 23.6 Å². The summed E-state index contributed by atoms with van der Waals surface area (Å²) in [5, 5.41) is 21.8. The van der Waals surface area contributed by atoms with Gasteiger partial charge in [0.15, 0.2) is 0 Å². The Morgan fingerprint density at radius 3 is 2.46 bits per heavy atom. The maximum absolute atomic E-state index is 12.7. The van der Waals surface area contributed by atoms with Crippen molar-refractivity contribution >= 4 is 17.4 Å². The molecule has 6 heterocycles. The first-order valence-corrected chi connectivity index (χ1v) is 14.3. The predicted octanol–water partition coefficient (Wildman–Crippen LogP) is 5.08. The van der Waals surface area contributed by atoms with Gasteiger partial charge >= 0.3 is 6.09 Å². The van der Waals surface area contributed by atoms with Gasteiger partial charge in [-0.15, -0.1) is 0 Å². The van der Waals surface area contributed by atoms with E-state index in [2.05, 4.69) is 44.7 Å². The van der Waals surface area contributed by atoms with E-state index in [4.69, 9.17) is 9.72 Å². The Bertz CT molecular complexity index is 1670. The Balaban J connectivity index is 1.18. The topological polar surface area (TPSA) is 113 Å². The number of aryl methyl sites for hydroxylation is 1. The number of piperidine rings is 2. The second kappa shape index (κ2) is 9.06. The van der Waals surface area contributed by atoms with E-state index in [9.17, 15) is 10.1 Å². The van der Waals surface area contributed by atoms with Crippen LogP contribution >= 0.6 is 0 Å². The SMILES string of the molecule is Cn1cc(-c2cc(-c3ccc(N4[C@@H]5CC6C[C@H]4CC(NC(=O)OC(C)(C)C)(C6)C5)nc3)c3c(C#N)cnn3c2)cn1. The first kappa shape index (κ1) is 25.6. The van der Waals surface area contributed by atoms with Gasteiger partial charge < -0.3 is 15.0 Å². The van der Waals surface area contributed by atoms with Gasteiger partial charge in [-0.3, -0.25) is 4.68 Å². The molecule has 10 heteroatoms. The van der Waals surface area contributed by atoms with E-state index < -0.39 is 5.60 Å². The monoisotopic (exact) mass is 550 g/mol. The van der Waals surface area contributed by atoms with E-state index in [0.717, 1.165) is 65.7 Å². The molecule has 1 amide bonds. The van der Waals surface area contributed by atoms with Crippen LogP contribution in [0.4, 0.5) is 10.6 Å². The van der Waals surface area contributed by atoms with Gasteiger partial charge in [-0.2, -0.15) is 15.5 Å². The fourth-order valence-corrected chi connectivity index (χ4v) is 7.52. The Morgan fingerprint density at radius 2 is 1.83 bits per heavy atom. The van der Waals surface area contributed by atoms with Gasteiger partial charge in [0.2, 0.25) is 0 Å². The van der Waals surface area contributed by atoms with Gasteiger partial charge in [0, 0.05) is 65.5 Å². The molecule has 2 saturated heterocycles. The van der Waals surface area contributed by atoms with Crippen LogP contribution in [-0.4, -0.2) is 53.7 Å². The third-order valence-electron chi connectivity index (χ3n) is 8.79. The highest BCUT2D eigenvalue weighted by Gasteiger charge is 2.55. The van der Waals surface area contributed by atoms with Crippen molar-refractivity contribution in [3.8, 4) is 28.3 Å². The Kier molecular flexibility index (Phi) is 5.65. The van der Waals surface area contributed by atoms with Crippen LogP contribution in [0.1, 0.15) is 58.4 Å². The van der Waals surface area contributed by atoms with Crippen molar-refractivity contribution in [3.05, 3.63) is 54.7 Å². The molecule has 4 aromatic rings. The second-order valence-electron chi connectivity index (χ2n) is 13.0. The Labute approximate surface area is 238 Å². The number of carbonyl (C=O) groups excluding carboxylic acids is 1. The molecule has 210 valence electrons. The molecule has 4 bridgehead atoms. The number of aromatic nitrogens is 5. The summed E-state index contributed by atoms with van der Waals surface area (Å²) in [5.74, 6) is 1.57. The number of rotatable bonds is 4. The molecule has 2 unspecified atom stereocenters. The molecule has 1 N–H and O–H groups in total. The largest absolute Gasteiger partial charge is 0.444 e. The maximum atomic E-state index is 12.7. The number of carbonyl (C=O) groups is 1. The average Bonchev–Trinajstić information content (AvgIpc) is 3.52. The number of fused-ring (bicyclic) bond motifs is 1. The summed E-state index contributed by atoms with van der Waals surface area (Å²) < 4.78 is 9.15. The highest BCUT2D eigenvalue weighted by molar-refractivity contribution is 5.87. The predicted molar refractivity (Wildman–Crippen MR) is 154 cm³/mol. The summed E-state index contributed by atoms with van der Waals surface area (Å²) in [6.07, 6.45) is 14.0. The van der Waals surface area contributed by atoms with E-state index in [1.165, 1.54) is 0 Å². The highest BCUT2D eigenvalue weighted by atomic mass is 16.6.